The van der Waals surface area contributed by atoms with Gasteiger partial charge in [0.25, 0.3) is 0 Å². The van der Waals surface area contributed by atoms with Crippen LogP contribution >= 0.6 is 11.8 Å². The minimum absolute atomic E-state index is 0.512. The third kappa shape index (κ3) is 3.24. The Morgan fingerprint density at radius 2 is 1.57 bits per heavy atom. The number of hydrogen-bond acceptors (Lipinski definition) is 3. The molecule has 2 aliphatic rings. The molecule has 2 rings (SSSR count). The lowest BCUT2D eigenvalue weighted by Crippen LogP contribution is -2.43. The van der Waals surface area contributed by atoms with Gasteiger partial charge >= 0.3 is 0 Å². The first-order chi connectivity index (χ1) is 6.84. The molecule has 82 valence electrons. The van der Waals surface area contributed by atoms with Gasteiger partial charge < -0.3 is 5.32 Å². The zero-order chi connectivity index (χ0) is 9.80. The second-order valence-corrected chi connectivity index (χ2v) is 7.10. The number of nitrogens with one attached hydrogen (secondary N) is 1. The van der Waals surface area contributed by atoms with Crippen molar-refractivity contribution in [3.8, 4) is 0 Å². The predicted molar refractivity (Wildman–Crippen MR) is 64.4 cm³/mol. The van der Waals surface area contributed by atoms with E-state index in [1.54, 1.807) is 0 Å². The molecule has 0 spiro atoms. The van der Waals surface area contributed by atoms with Gasteiger partial charge in [0.15, 0.2) is 0 Å². The van der Waals surface area contributed by atoms with Crippen LogP contribution in [0.25, 0.3) is 0 Å². The lowest BCUT2D eigenvalue weighted by atomic mass is 10.1. The molecular formula is C10H19NOS2. The van der Waals surface area contributed by atoms with E-state index >= 15 is 0 Å². The first-order valence-corrected chi connectivity index (χ1v) is 8.17. The Bertz CT molecular complexity index is 194. The largest absolute Gasteiger partial charge is 0.311 e. The summed E-state index contributed by atoms with van der Waals surface area (Å²) in [5, 5.41) is 3.73. The van der Waals surface area contributed by atoms with Crippen molar-refractivity contribution in [2.24, 2.45) is 0 Å². The molecule has 0 radical (unpaired) electrons. The maximum atomic E-state index is 11.2. The molecule has 2 aliphatic heterocycles. The van der Waals surface area contributed by atoms with Crippen molar-refractivity contribution >= 4 is 22.6 Å². The lowest BCUT2D eigenvalue weighted by molar-refractivity contribution is 0.387. The van der Waals surface area contributed by atoms with Gasteiger partial charge in [0.2, 0.25) is 0 Å². The quantitative estimate of drug-likeness (QED) is 0.781. The van der Waals surface area contributed by atoms with Crippen LogP contribution in [0.15, 0.2) is 0 Å². The van der Waals surface area contributed by atoms with E-state index in [-0.39, 0.29) is 0 Å². The van der Waals surface area contributed by atoms with Gasteiger partial charge in [-0.15, -0.1) is 0 Å². The third-order valence-electron chi connectivity index (χ3n) is 3.08. The van der Waals surface area contributed by atoms with Gasteiger partial charge in [-0.2, -0.15) is 11.8 Å². The Balaban J connectivity index is 1.71. The van der Waals surface area contributed by atoms with Crippen molar-refractivity contribution in [1.82, 2.24) is 5.32 Å². The van der Waals surface area contributed by atoms with E-state index in [2.05, 4.69) is 17.1 Å². The molecular weight excluding hydrogens is 214 g/mol. The van der Waals surface area contributed by atoms with Crippen LogP contribution in [0.3, 0.4) is 0 Å². The molecule has 0 unspecified atom stereocenters. The molecule has 0 aromatic rings. The first kappa shape index (κ1) is 11.0. The van der Waals surface area contributed by atoms with Crippen molar-refractivity contribution in [2.75, 3.05) is 23.0 Å². The van der Waals surface area contributed by atoms with E-state index in [1.165, 1.54) is 24.3 Å². The van der Waals surface area contributed by atoms with Crippen LogP contribution in [0.2, 0.25) is 0 Å². The highest BCUT2D eigenvalue weighted by Gasteiger charge is 2.21. The highest BCUT2D eigenvalue weighted by Crippen LogP contribution is 2.19. The molecule has 0 saturated carbocycles. The molecule has 2 nitrogen and oxygen atoms in total. The Labute approximate surface area is 93.1 Å². The summed E-state index contributed by atoms with van der Waals surface area (Å²) in [6, 6.07) is 1.40. The van der Waals surface area contributed by atoms with E-state index in [4.69, 9.17) is 0 Å². The molecule has 2 fully saturated rings. The van der Waals surface area contributed by atoms with Gasteiger partial charge in [0, 0.05) is 34.4 Å². The number of rotatable bonds is 2. The van der Waals surface area contributed by atoms with Gasteiger partial charge in [-0.05, 0) is 37.2 Å². The van der Waals surface area contributed by atoms with E-state index < -0.39 is 10.8 Å². The number of hydrogen-bond donors (Lipinski definition) is 1. The molecule has 0 aromatic heterocycles. The SMILES string of the molecule is O=S1CCC(NC2CCSCC2)CC1. The minimum atomic E-state index is -0.512. The van der Waals surface area contributed by atoms with Crippen LogP contribution in [0.5, 0.6) is 0 Å². The topological polar surface area (TPSA) is 29.1 Å². The zero-order valence-electron chi connectivity index (χ0n) is 8.54. The summed E-state index contributed by atoms with van der Waals surface area (Å²) in [5.41, 5.74) is 0. The standard InChI is InChI=1S/C10H19NOS2/c12-14-7-3-10(4-8-14)11-9-1-5-13-6-2-9/h9-11H,1-8H2. The van der Waals surface area contributed by atoms with Crippen LogP contribution in [0.1, 0.15) is 25.7 Å². The average molecular weight is 233 g/mol. The molecule has 0 amide bonds. The molecule has 4 heteroatoms. The van der Waals surface area contributed by atoms with Crippen LogP contribution in [-0.2, 0) is 10.8 Å². The van der Waals surface area contributed by atoms with Crippen molar-refractivity contribution in [3.05, 3.63) is 0 Å². The summed E-state index contributed by atoms with van der Waals surface area (Å²) in [6.07, 6.45) is 4.89. The van der Waals surface area contributed by atoms with Gasteiger partial charge in [-0.1, -0.05) is 0 Å². The van der Waals surface area contributed by atoms with Gasteiger partial charge in [0.1, 0.15) is 0 Å². The van der Waals surface area contributed by atoms with E-state index in [9.17, 15) is 4.21 Å². The Morgan fingerprint density at radius 3 is 2.21 bits per heavy atom. The Kier molecular flexibility index (Phi) is 4.32. The fourth-order valence-corrected chi connectivity index (χ4v) is 4.56. The van der Waals surface area contributed by atoms with Crippen molar-refractivity contribution in [3.63, 3.8) is 0 Å². The van der Waals surface area contributed by atoms with Crippen molar-refractivity contribution in [2.45, 2.75) is 37.8 Å². The second-order valence-electron chi connectivity index (χ2n) is 4.18. The van der Waals surface area contributed by atoms with Crippen LogP contribution in [-0.4, -0.2) is 39.3 Å². The molecule has 14 heavy (non-hydrogen) atoms. The molecule has 1 N–H and O–H groups in total. The molecule has 0 atom stereocenters. The van der Waals surface area contributed by atoms with E-state index in [0.29, 0.717) is 6.04 Å². The van der Waals surface area contributed by atoms with Crippen LogP contribution in [0, 0.1) is 0 Å². The summed E-state index contributed by atoms with van der Waals surface area (Å²) in [5.74, 6) is 4.46. The number of thioether (sulfide) groups is 1. The Morgan fingerprint density at radius 1 is 1.00 bits per heavy atom. The smallest absolute Gasteiger partial charge is 0.0249 e. The molecule has 0 aromatic carbocycles. The van der Waals surface area contributed by atoms with Gasteiger partial charge in [-0.25, -0.2) is 0 Å². The molecule has 0 bridgehead atoms. The van der Waals surface area contributed by atoms with E-state index in [0.717, 1.165) is 30.4 Å². The fourth-order valence-electron chi connectivity index (χ4n) is 2.16. The predicted octanol–water partition coefficient (Wildman–Crippen LogP) is 1.38. The normalized spacial score (nSPS) is 35.7. The summed E-state index contributed by atoms with van der Waals surface area (Å²) < 4.78 is 11.2. The average Bonchev–Trinajstić information content (AvgIpc) is 2.23. The van der Waals surface area contributed by atoms with Crippen LogP contribution in [0.4, 0.5) is 0 Å². The first-order valence-electron chi connectivity index (χ1n) is 5.53. The second kappa shape index (κ2) is 5.52. The summed E-state index contributed by atoms with van der Waals surface area (Å²) in [7, 11) is -0.512. The lowest BCUT2D eigenvalue weighted by Gasteiger charge is -2.30. The van der Waals surface area contributed by atoms with Gasteiger partial charge in [0.05, 0.1) is 0 Å². The Hall–Kier alpha value is 0.460. The minimum Gasteiger partial charge on any atom is -0.311 e. The third-order valence-corrected chi connectivity index (χ3v) is 5.51. The summed E-state index contributed by atoms with van der Waals surface area (Å²) in [6.45, 7) is 0. The molecule has 2 saturated heterocycles. The highest BCUT2D eigenvalue weighted by molar-refractivity contribution is 7.99. The fraction of sp³-hybridized carbons (Fsp3) is 1.00. The molecule has 2 heterocycles. The summed E-state index contributed by atoms with van der Waals surface area (Å²) in [4.78, 5) is 0. The highest BCUT2D eigenvalue weighted by atomic mass is 32.2. The maximum absolute atomic E-state index is 11.2. The van der Waals surface area contributed by atoms with Crippen molar-refractivity contribution in [1.29, 1.82) is 0 Å². The van der Waals surface area contributed by atoms with Crippen LogP contribution < -0.4 is 5.32 Å². The summed E-state index contributed by atoms with van der Waals surface area (Å²) >= 11 is 2.07. The van der Waals surface area contributed by atoms with Gasteiger partial charge in [-0.3, -0.25) is 4.21 Å². The molecule has 0 aliphatic carbocycles. The van der Waals surface area contributed by atoms with Crippen molar-refractivity contribution < 1.29 is 4.21 Å². The monoisotopic (exact) mass is 233 g/mol. The maximum Gasteiger partial charge on any atom is 0.0249 e. The zero-order valence-corrected chi connectivity index (χ0v) is 10.2. The van der Waals surface area contributed by atoms with E-state index in [1.807, 2.05) is 0 Å².